The molecule has 2 amide bonds. The van der Waals surface area contributed by atoms with Crippen LogP contribution >= 0.6 is 0 Å². The maximum atomic E-state index is 12.1. The summed E-state index contributed by atoms with van der Waals surface area (Å²) in [5.74, 6) is 0.696. The van der Waals surface area contributed by atoms with Crippen molar-refractivity contribution in [2.45, 2.75) is 32.3 Å². The molecule has 23 heavy (non-hydrogen) atoms. The van der Waals surface area contributed by atoms with E-state index in [4.69, 9.17) is 9.47 Å². The number of rotatable bonds is 7. The summed E-state index contributed by atoms with van der Waals surface area (Å²) < 4.78 is 10.6. The van der Waals surface area contributed by atoms with Gasteiger partial charge in [-0.25, -0.2) is 0 Å². The van der Waals surface area contributed by atoms with E-state index in [1.165, 1.54) is 0 Å². The highest BCUT2D eigenvalue weighted by molar-refractivity contribution is 5.95. The van der Waals surface area contributed by atoms with Gasteiger partial charge >= 0.3 is 0 Å². The van der Waals surface area contributed by atoms with E-state index in [9.17, 15) is 9.59 Å². The average Bonchev–Trinajstić information content (AvgIpc) is 2.59. The van der Waals surface area contributed by atoms with Crippen molar-refractivity contribution < 1.29 is 19.1 Å². The number of hydrogen-bond acceptors (Lipinski definition) is 4. The van der Waals surface area contributed by atoms with Gasteiger partial charge in [-0.05, 0) is 30.7 Å². The van der Waals surface area contributed by atoms with Gasteiger partial charge in [0.2, 0.25) is 5.91 Å². The van der Waals surface area contributed by atoms with Crippen LogP contribution in [0.4, 0.5) is 5.69 Å². The monoisotopic (exact) mass is 320 g/mol. The van der Waals surface area contributed by atoms with Crippen molar-refractivity contribution in [3.8, 4) is 5.75 Å². The number of nitrogens with zero attached hydrogens (tertiary/aromatic N) is 1. The molecule has 1 aromatic carbocycles. The quantitative estimate of drug-likeness (QED) is 0.831. The number of ether oxygens (including phenoxy) is 2. The summed E-state index contributed by atoms with van der Waals surface area (Å²) in [4.78, 5) is 25.4. The molecular formula is C17H24N2O4. The van der Waals surface area contributed by atoms with Crippen LogP contribution in [0.25, 0.3) is 0 Å². The molecule has 0 saturated carbocycles. The fourth-order valence-electron chi connectivity index (χ4n) is 2.41. The summed E-state index contributed by atoms with van der Waals surface area (Å²) in [5, 5.41) is 2.87. The van der Waals surface area contributed by atoms with E-state index in [1.54, 1.807) is 12.0 Å². The highest BCUT2D eigenvalue weighted by atomic mass is 16.5. The molecule has 1 heterocycles. The zero-order valence-electron chi connectivity index (χ0n) is 13.7. The van der Waals surface area contributed by atoms with Gasteiger partial charge in [0.15, 0.2) is 0 Å². The molecule has 1 saturated heterocycles. The Labute approximate surface area is 136 Å². The minimum Gasteiger partial charge on any atom is -0.497 e. The SMILES string of the molecule is CCCCC(=O)NCC1CN(c2ccc(OC)cc2)C(=O)CO1. The van der Waals surface area contributed by atoms with E-state index in [-0.39, 0.29) is 24.5 Å². The van der Waals surface area contributed by atoms with Crippen LogP contribution in [0.3, 0.4) is 0 Å². The molecule has 0 spiro atoms. The van der Waals surface area contributed by atoms with Gasteiger partial charge in [-0.15, -0.1) is 0 Å². The number of morpholine rings is 1. The number of amides is 2. The van der Waals surface area contributed by atoms with Crippen LogP contribution in [-0.4, -0.2) is 44.7 Å². The van der Waals surface area contributed by atoms with E-state index in [2.05, 4.69) is 12.2 Å². The number of benzene rings is 1. The topological polar surface area (TPSA) is 67.9 Å². The van der Waals surface area contributed by atoms with Crippen molar-refractivity contribution in [3.05, 3.63) is 24.3 Å². The zero-order valence-corrected chi connectivity index (χ0v) is 13.7. The van der Waals surface area contributed by atoms with Crippen molar-refractivity contribution in [3.63, 3.8) is 0 Å². The third kappa shape index (κ3) is 4.96. The van der Waals surface area contributed by atoms with Crippen LogP contribution in [0.15, 0.2) is 24.3 Å². The molecule has 1 atom stereocenters. The van der Waals surface area contributed by atoms with E-state index in [0.29, 0.717) is 19.5 Å². The minimum atomic E-state index is -0.194. The maximum Gasteiger partial charge on any atom is 0.253 e. The lowest BCUT2D eigenvalue weighted by molar-refractivity contribution is -0.129. The second-order valence-electron chi connectivity index (χ2n) is 5.54. The summed E-state index contributed by atoms with van der Waals surface area (Å²) in [6.45, 7) is 2.93. The Balaban J connectivity index is 1.90. The molecule has 0 radical (unpaired) electrons. The number of anilines is 1. The predicted molar refractivity (Wildman–Crippen MR) is 87.6 cm³/mol. The number of nitrogens with one attached hydrogen (secondary N) is 1. The Bertz CT molecular complexity index is 530. The molecule has 126 valence electrons. The van der Waals surface area contributed by atoms with Crippen LogP contribution in [0, 0.1) is 0 Å². The molecule has 1 unspecified atom stereocenters. The zero-order chi connectivity index (χ0) is 16.7. The van der Waals surface area contributed by atoms with E-state index >= 15 is 0 Å². The van der Waals surface area contributed by atoms with Crippen molar-refractivity contribution in [2.75, 3.05) is 31.7 Å². The van der Waals surface area contributed by atoms with Crippen molar-refractivity contribution in [1.82, 2.24) is 5.32 Å². The smallest absolute Gasteiger partial charge is 0.253 e. The largest absolute Gasteiger partial charge is 0.497 e. The molecule has 1 aliphatic heterocycles. The first-order valence-electron chi connectivity index (χ1n) is 7.96. The van der Waals surface area contributed by atoms with Gasteiger partial charge in [0.1, 0.15) is 12.4 Å². The Morgan fingerprint density at radius 1 is 1.39 bits per heavy atom. The van der Waals surface area contributed by atoms with Crippen LogP contribution in [0.1, 0.15) is 26.2 Å². The Hall–Kier alpha value is -2.08. The minimum absolute atomic E-state index is 0.0293. The summed E-state index contributed by atoms with van der Waals surface area (Å²) in [5.41, 5.74) is 0.807. The maximum absolute atomic E-state index is 12.1. The average molecular weight is 320 g/mol. The Morgan fingerprint density at radius 2 is 2.13 bits per heavy atom. The van der Waals surface area contributed by atoms with Gasteiger partial charge in [0.05, 0.1) is 19.8 Å². The molecule has 0 bridgehead atoms. The Morgan fingerprint density at radius 3 is 2.78 bits per heavy atom. The highest BCUT2D eigenvalue weighted by Crippen LogP contribution is 2.21. The molecule has 2 rings (SSSR count). The van der Waals surface area contributed by atoms with E-state index < -0.39 is 0 Å². The second-order valence-corrected chi connectivity index (χ2v) is 5.54. The lowest BCUT2D eigenvalue weighted by atomic mass is 10.2. The van der Waals surface area contributed by atoms with Gasteiger partial charge < -0.3 is 19.7 Å². The number of hydrogen-bond donors (Lipinski definition) is 1. The summed E-state index contributed by atoms with van der Waals surface area (Å²) in [6.07, 6.45) is 2.21. The van der Waals surface area contributed by atoms with Crippen LogP contribution < -0.4 is 15.0 Å². The summed E-state index contributed by atoms with van der Waals surface area (Å²) in [7, 11) is 1.60. The molecule has 6 heteroatoms. The van der Waals surface area contributed by atoms with Crippen LogP contribution in [0.5, 0.6) is 5.75 Å². The molecule has 1 aliphatic rings. The fraction of sp³-hybridized carbons (Fsp3) is 0.529. The third-order valence-corrected chi connectivity index (χ3v) is 3.80. The number of methoxy groups -OCH3 is 1. The molecular weight excluding hydrogens is 296 g/mol. The van der Waals surface area contributed by atoms with Gasteiger partial charge in [0, 0.05) is 18.7 Å². The predicted octanol–water partition coefficient (Wildman–Crippen LogP) is 1.73. The number of carbonyl (C=O) groups is 2. The standard InChI is InChI=1S/C17H24N2O4/c1-3-4-5-16(20)18-10-15-11-19(17(21)12-23-15)13-6-8-14(22-2)9-7-13/h6-9,15H,3-5,10-12H2,1-2H3,(H,18,20). The van der Waals surface area contributed by atoms with Crippen LogP contribution in [0.2, 0.25) is 0 Å². The molecule has 0 aliphatic carbocycles. The molecule has 1 aromatic rings. The third-order valence-electron chi connectivity index (χ3n) is 3.80. The lowest BCUT2D eigenvalue weighted by Crippen LogP contribution is -2.50. The molecule has 6 nitrogen and oxygen atoms in total. The summed E-state index contributed by atoms with van der Waals surface area (Å²) in [6, 6.07) is 7.33. The lowest BCUT2D eigenvalue weighted by Gasteiger charge is -2.33. The van der Waals surface area contributed by atoms with Gasteiger partial charge in [-0.3, -0.25) is 9.59 Å². The molecule has 0 aromatic heterocycles. The van der Waals surface area contributed by atoms with Crippen LogP contribution in [-0.2, 0) is 14.3 Å². The fourth-order valence-corrected chi connectivity index (χ4v) is 2.41. The number of unbranched alkanes of at least 4 members (excludes halogenated alkanes) is 1. The van der Waals surface area contributed by atoms with Gasteiger partial charge in [0.25, 0.3) is 5.91 Å². The van der Waals surface area contributed by atoms with E-state index in [0.717, 1.165) is 24.3 Å². The number of carbonyl (C=O) groups excluding carboxylic acids is 2. The second kappa shape index (κ2) is 8.53. The molecule has 1 N–H and O–H groups in total. The van der Waals surface area contributed by atoms with Crippen molar-refractivity contribution in [2.24, 2.45) is 0 Å². The molecule has 1 fully saturated rings. The van der Waals surface area contributed by atoms with Gasteiger partial charge in [-0.1, -0.05) is 13.3 Å². The van der Waals surface area contributed by atoms with Crippen molar-refractivity contribution >= 4 is 17.5 Å². The highest BCUT2D eigenvalue weighted by Gasteiger charge is 2.27. The van der Waals surface area contributed by atoms with E-state index in [1.807, 2.05) is 24.3 Å². The van der Waals surface area contributed by atoms with Crippen molar-refractivity contribution in [1.29, 1.82) is 0 Å². The first-order chi connectivity index (χ1) is 11.1. The first-order valence-corrected chi connectivity index (χ1v) is 7.96. The Kier molecular flexibility index (Phi) is 6.40. The normalized spacial score (nSPS) is 17.9. The van der Waals surface area contributed by atoms with Gasteiger partial charge in [-0.2, -0.15) is 0 Å². The first kappa shape index (κ1) is 17.3. The summed E-state index contributed by atoms with van der Waals surface area (Å²) >= 11 is 0.